The summed E-state index contributed by atoms with van der Waals surface area (Å²) in [7, 11) is 0. The third-order valence-electron chi connectivity index (χ3n) is 14.0. The van der Waals surface area contributed by atoms with Crippen molar-refractivity contribution in [3.63, 3.8) is 0 Å². The van der Waals surface area contributed by atoms with E-state index in [4.69, 9.17) is 9.47 Å². The number of unbranched alkanes of at least 4 members (excludes halogenated alkanes) is 24. The van der Waals surface area contributed by atoms with Crippen LogP contribution < -0.4 is 5.32 Å². The van der Waals surface area contributed by atoms with Crippen molar-refractivity contribution >= 4 is 5.91 Å². The average molecular weight is 1070 g/mol. The van der Waals surface area contributed by atoms with Crippen LogP contribution in [0.5, 0.6) is 0 Å². The van der Waals surface area contributed by atoms with Gasteiger partial charge in [-0.3, -0.25) is 4.79 Å². The molecule has 1 saturated heterocycles. The number of aliphatic hydroxyl groups excluding tert-OH is 5. The molecular weight excluding hydrogens is 959 g/mol. The summed E-state index contributed by atoms with van der Waals surface area (Å²) in [5.41, 5.74) is 0. The number of aliphatic hydroxyl groups is 5. The van der Waals surface area contributed by atoms with Gasteiger partial charge in [-0.15, -0.1) is 0 Å². The molecule has 0 bridgehead atoms. The summed E-state index contributed by atoms with van der Waals surface area (Å²) < 4.78 is 11.3. The lowest BCUT2D eigenvalue weighted by Crippen LogP contribution is -2.60. The van der Waals surface area contributed by atoms with Crippen molar-refractivity contribution in [1.29, 1.82) is 0 Å². The molecule has 1 aliphatic heterocycles. The summed E-state index contributed by atoms with van der Waals surface area (Å²) in [5, 5.41) is 54.5. The van der Waals surface area contributed by atoms with E-state index in [9.17, 15) is 30.3 Å². The summed E-state index contributed by atoms with van der Waals surface area (Å²) >= 11 is 0. The van der Waals surface area contributed by atoms with Crippen molar-refractivity contribution in [3.05, 3.63) is 122 Å². The second-order valence-electron chi connectivity index (χ2n) is 21.1. The van der Waals surface area contributed by atoms with Crippen LogP contribution in [-0.2, 0) is 14.3 Å². The first-order valence-corrected chi connectivity index (χ1v) is 31.3. The van der Waals surface area contributed by atoms with Gasteiger partial charge in [-0.25, -0.2) is 0 Å². The zero-order valence-electron chi connectivity index (χ0n) is 48.9. The molecule has 7 unspecified atom stereocenters. The van der Waals surface area contributed by atoms with Gasteiger partial charge in [0, 0.05) is 6.42 Å². The number of hydrogen-bond donors (Lipinski definition) is 6. The number of rotatable bonds is 52. The molecule has 0 aromatic heterocycles. The fourth-order valence-corrected chi connectivity index (χ4v) is 9.13. The lowest BCUT2D eigenvalue weighted by atomic mass is 9.99. The van der Waals surface area contributed by atoms with Crippen LogP contribution in [0.25, 0.3) is 0 Å². The van der Waals surface area contributed by atoms with Gasteiger partial charge in [-0.2, -0.15) is 0 Å². The summed E-state index contributed by atoms with van der Waals surface area (Å²) in [4.78, 5) is 13.1. The van der Waals surface area contributed by atoms with E-state index in [2.05, 4.69) is 129 Å². The molecule has 0 aliphatic carbocycles. The van der Waals surface area contributed by atoms with Gasteiger partial charge in [0.05, 0.1) is 25.4 Å². The minimum absolute atomic E-state index is 0.193. The number of carbonyl (C=O) groups is 1. The second-order valence-corrected chi connectivity index (χ2v) is 21.1. The Balaban J connectivity index is 2.17. The highest BCUT2D eigenvalue weighted by atomic mass is 16.7. The van der Waals surface area contributed by atoms with Crippen LogP contribution in [0.1, 0.15) is 245 Å². The largest absolute Gasteiger partial charge is 0.394 e. The van der Waals surface area contributed by atoms with Crippen LogP contribution in [0.4, 0.5) is 0 Å². The fraction of sp³-hybridized carbons (Fsp3) is 0.691. The minimum Gasteiger partial charge on any atom is -0.394 e. The first-order valence-electron chi connectivity index (χ1n) is 31.3. The molecule has 1 amide bonds. The van der Waals surface area contributed by atoms with Gasteiger partial charge in [-0.1, -0.05) is 264 Å². The Hall–Kier alpha value is -3.41. The van der Waals surface area contributed by atoms with Crippen molar-refractivity contribution in [2.24, 2.45) is 0 Å². The van der Waals surface area contributed by atoms with Crippen LogP contribution in [0.2, 0.25) is 0 Å². The molecule has 0 spiro atoms. The maximum absolute atomic E-state index is 13.1. The van der Waals surface area contributed by atoms with Crippen molar-refractivity contribution < 1.29 is 39.8 Å². The average Bonchev–Trinajstić information content (AvgIpc) is 3.43. The number of allylic oxidation sites excluding steroid dienone is 19. The number of carbonyl (C=O) groups excluding carboxylic acids is 1. The SMILES string of the molecule is CC/C=C\C/C=C\C/C=C\C/C=C\C/C=C\C/C=C\C/C=C\C/C=C\CCCCCCCCCCCCCCC(=O)NC(COC1OC(CO)C(O)C(O)C1O)C(O)/C=C/CC/C=C/CCCCCCCCCCCCC. The molecule has 7 atom stereocenters. The Kier molecular flexibility index (Phi) is 52.0. The molecule has 0 aromatic rings. The smallest absolute Gasteiger partial charge is 0.220 e. The summed E-state index contributed by atoms with van der Waals surface area (Å²) in [6.07, 6.45) is 77.0. The Morgan fingerprint density at radius 3 is 1.25 bits per heavy atom. The molecule has 0 saturated carbocycles. The predicted molar refractivity (Wildman–Crippen MR) is 327 cm³/mol. The van der Waals surface area contributed by atoms with Gasteiger partial charge in [0.2, 0.25) is 5.91 Å². The standard InChI is InChI=1S/C68H115NO8/c1-3-5-7-9-11-13-15-17-19-21-22-23-24-25-26-27-28-29-30-31-32-33-34-35-36-37-38-39-40-42-44-46-48-50-52-54-56-58-64(72)69-61(60-76-68-67(75)66(74)65(73)63(59-70)77-68)62(71)57-55-53-51-49-47-45-43-41-20-18-16-14-12-10-8-6-4-2/h5,7,11,13,17,19,22-23,25-26,28-29,31-32,34-35,47,49,55,57,61-63,65-68,70-71,73-75H,3-4,6,8-10,12,14-16,18,20-21,24,27,30,33,36-46,48,50-54,56,58-60H2,1-2H3,(H,69,72)/b7-5-,13-11-,19-17-,23-22-,26-25-,29-28-,32-31-,35-34-,49-47+,57-55+. The van der Waals surface area contributed by atoms with E-state index in [1.165, 1.54) is 135 Å². The van der Waals surface area contributed by atoms with E-state index >= 15 is 0 Å². The van der Waals surface area contributed by atoms with Crippen molar-refractivity contribution in [2.75, 3.05) is 13.2 Å². The molecular formula is C68H115NO8. The lowest BCUT2D eigenvalue weighted by molar-refractivity contribution is -0.302. The van der Waals surface area contributed by atoms with Gasteiger partial charge < -0.3 is 40.3 Å². The third-order valence-corrected chi connectivity index (χ3v) is 14.0. The van der Waals surface area contributed by atoms with Crippen molar-refractivity contribution in [3.8, 4) is 0 Å². The summed E-state index contributed by atoms with van der Waals surface area (Å²) in [5.74, 6) is -0.193. The molecule has 1 heterocycles. The van der Waals surface area contributed by atoms with Crippen molar-refractivity contribution in [1.82, 2.24) is 5.32 Å². The van der Waals surface area contributed by atoms with Gasteiger partial charge in [0.1, 0.15) is 24.4 Å². The molecule has 9 heteroatoms. The van der Waals surface area contributed by atoms with Gasteiger partial charge in [0.25, 0.3) is 0 Å². The number of ether oxygens (including phenoxy) is 2. The highest BCUT2D eigenvalue weighted by Gasteiger charge is 2.44. The van der Waals surface area contributed by atoms with Crippen LogP contribution in [0.15, 0.2) is 122 Å². The highest BCUT2D eigenvalue weighted by molar-refractivity contribution is 5.76. The predicted octanol–water partition coefficient (Wildman–Crippen LogP) is 16.3. The number of amides is 1. The second kappa shape index (κ2) is 55.9. The molecule has 77 heavy (non-hydrogen) atoms. The summed E-state index contributed by atoms with van der Waals surface area (Å²) in [6, 6.07) is -0.830. The number of nitrogens with one attached hydrogen (secondary N) is 1. The van der Waals surface area contributed by atoms with Gasteiger partial charge in [0.15, 0.2) is 6.29 Å². The Morgan fingerprint density at radius 2 is 0.818 bits per heavy atom. The van der Waals surface area contributed by atoms with Crippen LogP contribution in [0.3, 0.4) is 0 Å². The van der Waals surface area contributed by atoms with Crippen LogP contribution in [0, 0.1) is 0 Å². The number of hydrogen-bond acceptors (Lipinski definition) is 8. The zero-order valence-corrected chi connectivity index (χ0v) is 48.9. The van der Waals surface area contributed by atoms with E-state index in [1.807, 2.05) is 6.08 Å². The summed E-state index contributed by atoms with van der Waals surface area (Å²) in [6.45, 7) is 3.65. The molecule has 440 valence electrons. The molecule has 1 aliphatic rings. The maximum Gasteiger partial charge on any atom is 0.220 e. The van der Waals surface area contributed by atoms with E-state index in [0.29, 0.717) is 6.42 Å². The van der Waals surface area contributed by atoms with E-state index in [1.54, 1.807) is 6.08 Å². The Morgan fingerprint density at radius 1 is 0.455 bits per heavy atom. The monoisotopic (exact) mass is 1070 g/mol. The van der Waals surface area contributed by atoms with E-state index < -0.39 is 49.5 Å². The van der Waals surface area contributed by atoms with E-state index in [0.717, 1.165) is 89.9 Å². The molecule has 1 fully saturated rings. The minimum atomic E-state index is -1.58. The third kappa shape index (κ3) is 45.1. The van der Waals surface area contributed by atoms with Crippen LogP contribution >= 0.6 is 0 Å². The molecule has 6 N–H and O–H groups in total. The Bertz CT molecular complexity index is 1620. The lowest BCUT2D eigenvalue weighted by Gasteiger charge is -2.40. The quantitative estimate of drug-likeness (QED) is 0.0261. The normalized spacial score (nSPS) is 19.6. The maximum atomic E-state index is 13.1. The van der Waals surface area contributed by atoms with Crippen LogP contribution in [-0.4, -0.2) is 87.5 Å². The van der Waals surface area contributed by atoms with Gasteiger partial charge in [-0.05, 0) is 96.3 Å². The topological polar surface area (TPSA) is 149 Å². The fourth-order valence-electron chi connectivity index (χ4n) is 9.13. The zero-order chi connectivity index (χ0) is 55.8. The first kappa shape index (κ1) is 71.6. The van der Waals surface area contributed by atoms with Gasteiger partial charge >= 0.3 is 0 Å². The Labute approximate surface area is 471 Å². The van der Waals surface area contributed by atoms with Crippen molar-refractivity contribution in [2.45, 2.75) is 288 Å². The van der Waals surface area contributed by atoms with E-state index in [-0.39, 0.29) is 12.5 Å². The first-order chi connectivity index (χ1) is 37.8. The molecule has 9 nitrogen and oxygen atoms in total. The molecule has 0 radical (unpaired) electrons. The highest BCUT2D eigenvalue weighted by Crippen LogP contribution is 2.23. The molecule has 1 rings (SSSR count). The molecule has 0 aromatic carbocycles.